The minimum Gasteiger partial charge on any atom is -0.492 e. The van der Waals surface area contributed by atoms with Crippen molar-refractivity contribution < 1.29 is 23.5 Å². The van der Waals surface area contributed by atoms with Gasteiger partial charge in [-0.15, -0.1) is 0 Å². The Morgan fingerprint density at radius 1 is 1.14 bits per heavy atom. The van der Waals surface area contributed by atoms with Crippen LogP contribution in [0.25, 0.3) is 0 Å². The van der Waals surface area contributed by atoms with E-state index in [0.717, 1.165) is 17.2 Å². The average Bonchev–Trinajstić information content (AvgIpc) is 2.70. The highest BCUT2D eigenvalue weighted by molar-refractivity contribution is 5.99. The number of ketones is 1. The fourth-order valence-electron chi connectivity index (χ4n) is 3.09. The number of carbonyl (C=O) groups excluding carboxylic acids is 2. The number of amides is 1. The second-order valence-electron chi connectivity index (χ2n) is 6.64. The van der Waals surface area contributed by atoms with E-state index >= 15 is 0 Å². The molecule has 0 aliphatic carbocycles. The summed E-state index contributed by atoms with van der Waals surface area (Å²) in [4.78, 5) is 27.1. The van der Waals surface area contributed by atoms with E-state index in [1.165, 1.54) is 6.07 Å². The zero-order chi connectivity index (χ0) is 20.4. The van der Waals surface area contributed by atoms with Crippen molar-refractivity contribution in [1.82, 2.24) is 4.98 Å². The van der Waals surface area contributed by atoms with Crippen LogP contribution in [0.15, 0.2) is 54.7 Å². The molecule has 0 spiro atoms. The third-order valence-corrected chi connectivity index (χ3v) is 4.58. The number of nitrogens with two attached hydrogens (primary N) is 1. The number of hydrogen-bond acceptors (Lipinski definition) is 5. The van der Waals surface area contributed by atoms with Crippen LogP contribution in [0.1, 0.15) is 38.3 Å². The van der Waals surface area contributed by atoms with Crippen molar-refractivity contribution in [3.63, 3.8) is 0 Å². The first-order valence-electron chi connectivity index (χ1n) is 9.00. The topological polar surface area (TPSA) is 91.5 Å². The first-order chi connectivity index (χ1) is 14.0. The molecule has 146 valence electrons. The summed E-state index contributed by atoms with van der Waals surface area (Å²) in [6, 6.07) is 13.0. The van der Waals surface area contributed by atoms with Gasteiger partial charge in [-0.3, -0.25) is 9.59 Å². The Bertz CT molecular complexity index is 1100. The van der Waals surface area contributed by atoms with E-state index in [4.69, 9.17) is 15.2 Å². The Morgan fingerprint density at radius 3 is 2.69 bits per heavy atom. The lowest BCUT2D eigenvalue weighted by Gasteiger charge is -2.17. The predicted molar refractivity (Wildman–Crippen MR) is 103 cm³/mol. The van der Waals surface area contributed by atoms with Crippen LogP contribution in [-0.4, -0.2) is 23.3 Å². The highest BCUT2D eigenvalue weighted by Gasteiger charge is 2.22. The maximum absolute atomic E-state index is 14.4. The number of Topliss-reactive ketones (excluding diaryl/α,β-unsaturated/α-hetero) is 1. The van der Waals surface area contributed by atoms with Crippen molar-refractivity contribution in [3.8, 4) is 17.4 Å². The van der Waals surface area contributed by atoms with Crippen LogP contribution in [0.4, 0.5) is 4.39 Å². The van der Waals surface area contributed by atoms with E-state index in [1.807, 2.05) is 18.2 Å². The lowest BCUT2D eigenvalue weighted by molar-refractivity contribution is 0.0931. The van der Waals surface area contributed by atoms with Crippen molar-refractivity contribution in [2.75, 3.05) is 6.61 Å². The van der Waals surface area contributed by atoms with Gasteiger partial charge in [0.2, 0.25) is 11.8 Å². The fraction of sp³-hybridized carbons (Fsp3) is 0.136. The van der Waals surface area contributed by atoms with E-state index in [-0.39, 0.29) is 36.0 Å². The SMILES string of the molecule is NC(=O)c1ccc(Cc2ccnc(Oc3cc4c(cc3F)C(=O)CCO4)c2)cc1. The molecule has 4 rings (SSSR count). The van der Waals surface area contributed by atoms with Crippen LogP contribution in [0, 0.1) is 5.82 Å². The molecule has 0 atom stereocenters. The van der Waals surface area contributed by atoms with Crippen molar-refractivity contribution in [2.45, 2.75) is 12.8 Å². The highest BCUT2D eigenvalue weighted by Crippen LogP contribution is 2.33. The number of nitrogens with zero attached hydrogens (tertiary/aromatic N) is 1. The molecule has 0 saturated heterocycles. The number of hydrogen-bond donors (Lipinski definition) is 1. The molecule has 29 heavy (non-hydrogen) atoms. The summed E-state index contributed by atoms with van der Waals surface area (Å²) in [5.41, 5.74) is 7.78. The second-order valence-corrected chi connectivity index (χ2v) is 6.64. The molecule has 0 unspecified atom stereocenters. The summed E-state index contributed by atoms with van der Waals surface area (Å²) < 4.78 is 25.4. The van der Waals surface area contributed by atoms with E-state index < -0.39 is 11.7 Å². The van der Waals surface area contributed by atoms with Crippen molar-refractivity contribution in [3.05, 3.63) is 82.8 Å². The molecule has 0 bridgehead atoms. The highest BCUT2D eigenvalue weighted by atomic mass is 19.1. The lowest BCUT2D eigenvalue weighted by Crippen LogP contribution is -2.15. The maximum atomic E-state index is 14.4. The van der Waals surface area contributed by atoms with Gasteiger partial charge in [-0.05, 0) is 41.8 Å². The van der Waals surface area contributed by atoms with Gasteiger partial charge in [-0.2, -0.15) is 0 Å². The monoisotopic (exact) mass is 392 g/mol. The Hall–Kier alpha value is -3.74. The molecule has 2 heterocycles. The van der Waals surface area contributed by atoms with E-state index in [1.54, 1.807) is 24.4 Å². The first-order valence-corrected chi connectivity index (χ1v) is 9.00. The third kappa shape index (κ3) is 4.08. The predicted octanol–water partition coefficient (Wildman–Crippen LogP) is 3.67. The Labute approximate surface area is 166 Å². The minimum atomic E-state index is -0.656. The number of rotatable bonds is 5. The number of aromatic nitrogens is 1. The van der Waals surface area contributed by atoms with Gasteiger partial charge in [0.1, 0.15) is 5.75 Å². The number of fused-ring (bicyclic) bond motifs is 1. The molecule has 2 aromatic carbocycles. The molecule has 0 saturated carbocycles. The zero-order valence-corrected chi connectivity index (χ0v) is 15.4. The molecule has 0 fully saturated rings. The molecular weight excluding hydrogens is 375 g/mol. The van der Waals surface area contributed by atoms with Crippen LogP contribution in [0.5, 0.6) is 17.4 Å². The molecule has 1 aromatic heterocycles. The van der Waals surface area contributed by atoms with Crippen LogP contribution in [0.2, 0.25) is 0 Å². The summed E-state index contributed by atoms with van der Waals surface area (Å²) >= 11 is 0. The number of carbonyl (C=O) groups is 2. The quantitative estimate of drug-likeness (QED) is 0.715. The summed E-state index contributed by atoms with van der Waals surface area (Å²) in [7, 11) is 0. The Balaban J connectivity index is 1.53. The third-order valence-electron chi connectivity index (χ3n) is 4.58. The molecule has 1 aliphatic heterocycles. The largest absolute Gasteiger partial charge is 0.492 e. The molecule has 2 N–H and O–H groups in total. The molecule has 1 amide bonds. The van der Waals surface area contributed by atoms with Crippen molar-refractivity contribution >= 4 is 11.7 Å². The first kappa shape index (κ1) is 18.6. The van der Waals surface area contributed by atoms with Gasteiger partial charge in [0, 0.05) is 30.3 Å². The van der Waals surface area contributed by atoms with E-state index in [0.29, 0.717) is 17.7 Å². The van der Waals surface area contributed by atoms with Gasteiger partial charge in [0.25, 0.3) is 0 Å². The Kier molecular flexibility index (Phi) is 4.95. The van der Waals surface area contributed by atoms with Crippen LogP contribution in [-0.2, 0) is 6.42 Å². The van der Waals surface area contributed by atoms with E-state index in [2.05, 4.69) is 4.98 Å². The second kappa shape index (κ2) is 7.71. The van der Waals surface area contributed by atoms with Gasteiger partial charge in [-0.25, -0.2) is 9.37 Å². The Morgan fingerprint density at radius 2 is 1.93 bits per heavy atom. The molecular formula is C22H17FN2O4. The number of ether oxygens (including phenoxy) is 2. The standard InChI is InChI=1S/C22H17FN2O4/c23-17-11-16-18(26)6-8-28-19(16)12-20(17)29-21-10-14(5-7-25-21)9-13-1-3-15(4-2-13)22(24)27/h1-5,7,10-12H,6,8-9H2,(H2,24,27). The molecule has 3 aromatic rings. The van der Waals surface area contributed by atoms with Gasteiger partial charge in [0.15, 0.2) is 17.3 Å². The summed E-state index contributed by atoms with van der Waals surface area (Å²) in [6.07, 6.45) is 2.37. The van der Waals surface area contributed by atoms with Gasteiger partial charge in [-0.1, -0.05) is 12.1 Å². The van der Waals surface area contributed by atoms with Crippen LogP contribution >= 0.6 is 0 Å². The van der Waals surface area contributed by atoms with Crippen molar-refractivity contribution in [2.24, 2.45) is 5.73 Å². The molecule has 0 radical (unpaired) electrons. The van der Waals surface area contributed by atoms with Gasteiger partial charge >= 0.3 is 0 Å². The van der Waals surface area contributed by atoms with Gasteiger partial charge < -0.3 is 15.2 Å². The normalized spacial score (nSPS) is 12.8. The maximum Gasteiger partial charge on any atom is 0.248 e. The minimum absolute atomic E-state index is 0.0612. The summed E-state index contributed by atoms with van der Waals surface area (Å²) in [5, 5.41) is 0. The fourth-order valence-corrected chi connectivity index (χ4v) is 3.09. The number of halogens is 1. The number of benzene rings is 2. The zero-order valence-electron chi connectivity index (χ0n) is 15.4. The summed E-state index contributed by atoms with van der Waals surface area (Å²) in [5.74, 6) is -0.820. The molecule has 7 heteroatoms. The van der Waals surface area contributed by atoms with Crippen LogP contribution in [0.3, 0.4) is 0 Å². The van der Waals surface area contributed by atoms with E-state index in [9.17, 15) is 14.0 Å². The molecule has 6 nitrogen and oxygen atoms in total. The number of primary amides is 1. The lowest BCUT2D eigenvalue weighted by atomic mass is 10.0. The smallest absolute Gasteiger partial charge is 0.248 e. The van der Waals surface area contributed by atoms with Crippen molar-refractivity contribution in [1.29, 1.82) is 0 Å². The molecule has 1 aliphatic rings. The van der Waals surface area contributed by atoms with Gasteiger partial charge in [0.05, 0.1) is 12.2 Å². The van der Waals surface area contributed by atoms with Crippen LogP contribution < -0.4 is 15.2 Å². The number of pyridine rings is 1. The summed E-state index contributed by atoms with van der Waals surface area (Å²) in [6.45, 7) is 0.263. The average molecular weight is 392 g/mol.